The van der Waals surface area contributed by atoms with Crippen molar-refractivity contribution < 1.29 is 18.8 Å². The highest BCUT2D eigenvalue weighted by atomic mass is 19.1. The van der Waals surface area contributed by atoms with Crippen LogP contribution in [0.2, 0.25) is 0 Å². The largest absolute Gasteiger partial charge is 0.351 e. The van der Waals surface area contributed by atoms with Gasteiger partial charge in [-0.2, -0.15) is 0 Å². The average molecular weight is 380 g/mol. The Morgan fingerprint density at radius 3 is 2.48 bits per heavy atom. The first-order valence-electron chi connectivity index (χ1n) is 8.71. The van der Waals surface area contributed by atoms with Gasteiger partial charge in [0.1, 0.15) is 5.82 Å². The summed E-state index contributed by atoms with van der Waals surface area (Å²) >= 11 is 0. The van der Waals surface area contributed by atoms with Crippen LogP contribution in [0.4, 0.5) is 19.7 Å². The monoisotopic (exact) mass is 380 g/mol. The number of nitrogens with two attached hydrogens (primary N) is 1. The van der Waals surface area contributed by atoms with Crippen LogP contribution in [-0.4, -0.2) is 66.2 Å². The maximum atomic E-state index is 13.3. The molecule has 1 aliphatic rings. The fourth-order valence-electron chi connectivity index (χ4n) is 2.71. The fraction of sp³-hybridized carbons (Fsp3) is 0.471. The van der Waals surface area contributed by atoms with Gasteiger partial charge in [0.15, 0.2) is 6.17 Å². The van der Waals surface area contributed by atoms with Crippen LogP contribution in [0, 0.1) is 5.82 Å². The van der Waals surface area contributed by atoms with E-state index in [1.54, 1.807) is 13.8 Å². The molecule has 1 saturated heterocycles. The van der Waals surface area contributed by atoms with Crippen LogP contribution in [0.25, 0.3) is 0 Å². The van der Waals surface area contributed by atoms with E-state index in [4.69, 9.17) is 5.73 Å². The summed E-state index contributed by atoms with van der Waals surface area (Å²) in [6, 6.07) is 4.24. The van der Waals surface area contributed by atoms with Crippen molar-refractivity contribution in [2.75, 3.05) is 31.5 Å². The molecule has 1 atom stereocenters. The number of halogens is 1. The van der Waals surface area contributed by atoms with Gasteiger partial charge in [0, 0.05) is 37.9 Å². The molecule has 0 bridgehead atoms. The second-order valence-electron chi connectivity index (χ2n) is 6.38. The molecule has 1 aromatic rings. The number of anilines is 1. The van der Waals surface area contributed by atoms with E-state index in [0.29, 0.717) is 0 Å². The maximum Gasteiger partial charge on any atom is 0.323 e. The Balaban J connectivity index is 2.18. The van der Waals surface area contributed by atoms with Crippen molar-refractivity contribution in [3.8, 4) is 0 Å². The standard InChI is InChI=1S/C17H25FN6O3/c1-11(2)21-16(26)23-8-9-24(15(23)14(25)20-7-6-19)17(27)22-13-5-3-4-12(18)10-13/h3-5,10-11,15H,6-9,19H2,1-2H3,(H,20,25)(H,21,26)(H,22,27). The van der Waals surface area contributed by atoms with Crippen LogP contribution >= 0.6 is 0 Å². The van der Waals surface area contributed by atoms with E-state index in [-0.39, 0.29) is 37.9 Å². The second kappa shape index (κ2) is 9.17. The first-order chi connectivity index (χ1) is 12.8. The van der Waals surface area contributed by atoms with Crippen molar-refractivity contribution in [2.24, 2.45) is 5.73 Å². The zero-order valence-electron chi connectivity index (χ0n) is 15.4. The van der Waals surface area contributed by atoms with Gasteiger partial charge in [0.25, 0.3) is 5.91 Å². The van der Waals surface area contributed by atoms with Crippen molar-refractivity contribution >= 4 is 23.7 Å². The molecule has 148 valence electrons. The molecule has 1 unspecified atom stereocenters. The Kier molecular flexibility index (Phi) is 6.94. The van der Waals surface area contributed by atoms with E-state index in [1.807, 2.05) is 0 Å². The van der Waals surface area contributed by atoms with Gasteiger partial charge < -0.3 is 21.7 Å². The highest BCUT2D eigenvalue weighted by Crippen LogP contribution is 2.18. The second-order valence-corrected chi connectivity index (χ2v) is 6.38. The summed E-state index contributed by atoms with van der Waals surface area (Å²) < 4.78 is 13.3. The molecule has 9 nitrogen and oxygen atoms in total. The Hall–Kier alpha value is -2.88. The molecular formula is C17H25FN6O3. The molecule has 27 heavy (non-hydrogen) atoms. The summed E-state index contributed by atoms with van der Waals surface area (Å²) in [6.07, 6.45) is -1.12. The molecule has 0 radical (unpaired) electrons. The van der Waals surface area contributed by atoms with Crippen molar-refractivity contribution in [2.45, 2.75) is 26.1 Å². The lowest BCUT2D eigenvalue weighted by Gasteiger charge is -2.29. The van der Waals surface area contributed by atoms with E-state index in [1.165, 1.54) is 34.1 Å². The molecule has 0 saturated carbocycles. The minimum absolute atomic E-state index is 0.125. The first kappa shape index (κ1) is 20.4. The Morgan fingerprint density at radius 2 is 1.89 bits per heavy atom. The van der Waals surface area contributed by atoms with Crippen LogP contribution in [0.5, 0.6) is 0 Å². The topological polar surface area (TPSA) is 120 Å². The van der Waals surface area contributed by atoms with Crippen LogP contribution in [0.15, 0.2) is 24.3 Å². The van der Waals surface area contributed by atoms with Crippen LogP contribution in [-0.2, 0) is 4.79 Å². The number of rotatable bonds is 5. The minimum Gasteiger partial charge on any atom is -0.351 e. The zero-order chi connectivity index (χ0) is 20.0. The van der Waals surface area contributed by atoms with Gasteiger partial charge in [-0.25, -0.2) is 14.0 Å². The van der Waals surface area contributed by atoms with Crippen LogP contribution < -0.4 is 21.7 Å². The third-order valence-electron chi connectivity index (χ3n) is 3.86. The summed E-state index contributed by atoms with van der Waals surface area (Å²) in [4.78, 5) is 40.1. The highest BCUT2D eigenvalue weighted by Gasteiger charge is 2.42. The number of nitrogens with one attached hydrogen (secondary N) is 3. The fourth-order valence-corrected chi connectivity index (χ4v) is 2.71. The molecule has 1 fully saturated rings. The summed E-state index contributed by atoms with van der Waals surface area (Å²) in [5.41, 5.74) is 5.67. The van der Waals surface area contributed by atoms with Gasteiger partial charge in [-0.15, -0.1) is 0 Å². The third-order valence-corrected chi connectivity index (χ3v) is 3.86. The van der Waals surface area contributed by atoms with E-state index >= 15 is 0 Å². The van der Waals surface area contributed by atoms with Crippen LogP contribution in [0.1, 0.15) is 13.8 Å². The van der Waals surface area contributed by atoms with Crippen LogP contribution in [0.3, 0.4) is 0 Å². The quantitative estimate of drug-likeness (QED) is 0.594. The van der Waals surface area contributed by atoms with E-state index in [0.717, 1.165) is 0 Å². The van der Waals surface area contributed by atoms with Crippen molar-refractivity contribution in [1.82, 2.24) is 20.4 Å². The number of carbonyl (C=O) groups excluding carboxylic acids is 3. The van der Waals surface area contributed by atoms with Crippen molar-refractivity contribution in [3.63, 3.8) is 0 Å². The molecular weight excluding hydrogens is 355 g/mol. The van der Waals surface area contributed by atoms with Gasteiger partial charge in [-0.1, -0.05) is 6.07 Å². The molecule has 0 aliphatic carbocycles. The number of carbonyl (C=O) groups is 3. The first-order valence-corrected chi connectivity index (χ1v) is 8.71. The van der Waals surface area contributed by atoms with E-state index in [2.05, 4.69) is 16.0 Å². The molecule has 1 heterocycles. The summed E-state index contributed by atoms with van der Waals surface area (Å²) in [5.74, 6) is -1.00. The summed E-state index contributed by atoms with van der Waals surface area (Å²) in [6.45, 7) is 4.39. The van der Waals surface area contributed by atoms with Gasteiger partial charge in [-0.3, -0.25) is 14.6 Å². The van der Waals surface area contributed by atoms with Crippen molar-refractivity contribution in [3.05, 3.63) is 30.1 Å². The number of nitrogens with zero attached hydrogens (tertiary/aromatic N) is 2. The molecule has 5 N–H and O–H groups in total. The number of amides is 5. The third kappa shape index (κ3) is 5.30. The van der Waals surface area contributed by atoms with E-state index < -0.39 is 30.0 Å². The minimum atomic E-state index is -1.12. The summed E-state index contributed by atoms with van der Waals surface area (Å²) in [5, 5.41) is 7.87. The van der Waals surface area contributed by atoms with Gasteiger partial charge >= 0.3 is 12.1 Å². The number of urea groups is 2. The zero-order valence-corrected chi connectivity index (χ0v) is 15.4. The maximum absolute atomic E-state index is 13.3. The van der Waals surface area contributed by atoms with Gasteiger partial charge in [-0.05, 0) is 32.0 Å². The predicted octanol–water partition coefficient (Wildman–Crippen LogP) is 0.494. The lowest BCUT2D eigenvalue weighted by Crippen LogP contribution is -2.57. The highest BCUT2D eigenvalue weighted by molar-refractivity contribution is 5.96. The van der Waals surface area contributed by atoms with E-state index in [9.17, 15) is 18.8 Å². The van der Waals surface area contributed by atoms with Gasteiger partial charge in [0.2, 0.25) is 0 Å². The number of benzene rings is 1. The molecule has 5 amide bonds. The Bertz CT molecular complexity index is 699. The molecule has 0 spiro atoms. The van der Waals surface area contributed by atoms with Crippen molar-refractivity contribution in [1.29, 1.82) is 0 Å². The normalized spacial score (nSPS) is 16.4. The SMILES string of the molecule is CC(C)NC(=O)N1CCN(C(=O)Nc2cccc(F)c2)C1C(=O)NCCN. The lowest BCUT2D eigenvalue weighted by atomic mass is 10.3. The Labute approximate surface area is 157 Å². The molecule has 2 rings (SSSR count). The molecule has 10 heteroatoms. The lowest BCUT2D eigenvalue weighted by molar-refractivity contribution is -0.127. The number of hydrogen-bond donors (Lipinski definition) is 4. The molecule has 1 aromatic carbocycles. The smallest absolute Gasteiger partial charge is 0.323 e. The summed E-state index contributed by atoms with van der Waals surface area (Å²) in [7, 11) is 0. The van der Waals surface area contributed by atoms with Gasteiger partial charge in [0.05, 0.1) is 0 Å². The number of hydrogen-bond acceptors (Lipinski definition) is 4. The average Bonchev–Trinajstić information content (AvgIpc) is 3.04. The Morgan fingerprint density at radius 1 is 1.22 bits per heavy atom. The molecule has 0 aromatic heterocycles. The molecule has 1 aliphatic heterocycles. The predicted molar refractivity (Wildman–Crippen MR) is 98.4 cm³/mol.